The quantitative estimate of drug-likeness (QED) is 0.262. The van der Waals surface area contributed by atoms with Gasteiger partial charge >= 0.3 is 6.01 Å². The minimum atomic E-state index is -1.03. The van der Waals surface area contributed by atoms with Crippen LogP contribution in [0.4, 0.5) is 10.2 Å². The van der Waals surface area contributed by atoms with Crippen LogP contribution in [-0.4, -0.2) is 97.4 Å². The summed E-state index contributed by atoms with van der Waals surface area (Å²) in [5.41, 5.74) is 2.63. The molecule has 4 atom stereocenters. The average molecular weight is 635 g/mol. The van der Waals surface area contributed by atoms with E-state index in [-0.39, 0.29) is 44.0 Å². The van der Waals surface area contributed by atoms with E-state index in [4.69, 9.17) is 42.4 Å². The number of benzene rings is 2. The van der Waals surface area contributed by atoms with Gasteiger partial charge in [-0.25, -0.2) is 11.0 Å². The number of piperazine rings is 1. The Morgan fingerprint density at radius 1 is 1.20 bits per heavy atom. The second-order valence-corrected chi connectivity index (χ2v) is 12.2. The first-order chi connectivity index (χ1) is 21.8. The molecule has 12 heteroatoms. The van der Waals surface area contributed by atoms with E-state index in [9.17, 15) is 9.18 Å². The number of likely N-dealkylation sites (tertiary alicyclic amines) is 1. The SMILES string of the molecule is [C-]#[N+]C[C@H]1CN(c2nc(OC[C@@H]3C[C@@H](OC)CN3C)nc3c2COC(c2cccc4cccc(Cl)c24)C3)CCN1C(=O)C(=C)F. The van der Waals surface area contributed by atoms with Crippen LogP contribution in [0, 0.1) is 6.57 Å². The lowest BCUT2D eigenvalue weighted by atomic mass is 9.94. The van der Waals surface area contributed by atoms with Crippen molar-refractivity contribution < 1.29 is 23.4 Å². The van der Waals surface area contributed by atoms with Gasteiger partial charge in [-0.1, -0.05) is 48.5 Å². The first-order valence-corrected chi connectivity index (χ1v) is 15.4. The van der Waals surface area contributed by atoms with E-state index in [1.807, 2.05) is 48.3 Å². The van der Waals surface area contributed by atoms with Crippen LogP contribution >= 0.6 is 11.6 Å². The molecule has 1 unspecified atom stereocenters. The maximum Gasteiger partial charge on any atom is 0.318 e. The fourth-order valence-electron chi connectivity index (χ4n) is 6.64. The third-order valence-corrected chi connectivity index (χ3v) is 9.37. The van der Waals surface area contributed by atoms with Gasteiger partial charge in [0.15, 0.2) is 5.83 Å². The molecular formula is C33H36ClFN6O4. The number of hydrogen-bond acceptors (Lipinski definition) is 8. The lowest BCUT2D eigenvalue weighted by Crippen LogP contribution is -2.57. The molecule has 236 valence electrons. The van der Waals surface area contributed by atoms with E-state index >= 15 is 0 Å². The van der Waals surface area contributed by atoms with Crippen molar-refractivity contribution in [3.05, 3.63) is 82.1 Å². The van der Waals surface area contributed by atoms with Gasteiger partial charge < -0.3 is 28.9 Å². The topological polar surface area (TPSA) is 84.6 Å². The number of hydrogen-bond donors (Lipinski definition) is 0. The van der Waals surface area contributed by atoms with Crippen LogP contribution in [0.2, 0.25) is 5.02 Å². The number of amides is 1. The van der Waals surface area contributed by atoms with Gasteiger partial charge in [-0.2, -0.15) is 9.97 Å². The second kappa shape index (κ2) is 13.3. The van der Waals surface area contributed by atoms with Crippen molar-refractivity contribution in [2.75, 3.05) is 58.4 Å². The molecule has 3 aliphatic heterocycles. The van der Waals surface area contributed by atoms with Crippen molar-refractivity contribution in [2.24, 2.45) is 0 Å². The maximum absolute atomic E-state index is 13.8. The standard InChI is InChI=1S/C33H36ClFN6O4/c1-20(35)32(42)41-12-11-40(16-23(41)15-36-2)31-26-19-44-29(25-9-5-7-21-8-6-10-27(34)30(21)25)14-28(26)37-33(38-31)45-18-22-13-24(43-4)17-39(22)3/h5-10,22-24,29H,1,11-19H2,3-4H3/t22-,23-,24+,29?/m0/s1. The molecule has 1 aromatic heterocycles. The molecule has 0 radical (unpaired) electrons. The van der Waals surface area contributed by atoms with Gasteiger partial charge in [0.25, 0.3) is 5.91 Å². The smallest absolute Gasteiger partial charge is 0.318 e. The monoisotopic (exact) mass is 634 g/mol. The minimum Gasteiger partial charge on any atom is -0.462 e. The van der Waals surface area contributed by atoms with Crippen molar-refractivity contribution in [1.29, 1.82) is 0 Å². The van der Waals surface area contributed by atoms with Crippen LogP contribution in [0.15, 0.2) is 48.8 Å². The van der Waals surface area contributed by atoms with E-state index < -0.39 is 17.8 Å². The van der Waals surface area contributed by atoms with Crippen LogP contribution in [-0.2, 0) is 27.3 Å². The number of rotatable bonds is 8. The van der Waals surface area contributed by atoms with Gasteiger partial charge in [0.1, 0.15) is 18.5 Å². The Morgan fingerprint density at radius 3 is 2.73 bits per heavy atom. The van der Waals surface area contributed by atoms with E-state index in [1.165, 1.54) is 4.90 Å². The summed E-state index contributed by atoms with van der Waals surface area (Å²) in [6.45, 7) is 13.0. The van der Waals surface area contributed by atoms with Gasteiger partial charge in [0.05, 0.1) is 24.5 Å². The van der Waals surface area contributed by atoms with Crippen molar-refractivity contribution in [1.82, 2.24) is 19.8 Å². The van der Waals surface area contributed by atoms with Crippen molar-refractivity contribution >= 4 is 34.1 Å². The Hall–Kier alpha value is -3.82. The highest BCUT2D eigenvalue weighted by molar-refractivity contribution is 6.35. The highest BCUT2D eigenvalue weighted by atomic mass is 35.5. The predicted molar refractivity (Wildman–Crippen MR) is 169 cm³/mol. The summed E-state index contributed by atoms with van der Waals surface area (Å²) in [6, 6.07) is 11.8. The molecule has 2 fully saturated rings. The third-order valence-electron chi connectivity index (χ3n) is 9.06. The summed E-state index contributed by atoms with van der Waals surface area (Å²) >= 11 is 6.66. The molecule has 0 saturated carbocycles. The zero-order chi connectivity index (χ0) is 31.7. The number of aromatic nitrogens is 2. The molecule has 45 heavy (non-hydrogen) atoms. The Balaban J connectivity index is 1.33. The van der Waals surface area contributed by atoms with Gasteiger partial charge in [0.2, 0.25) is 6.54 Å². The first kappa shape index (κ1) is 31.2. The number of nitrogens with zero attached hydrogens (tertiary/aromatic N) is 6. The largest absolute Gasteiger partial charge is 0.462 e. The second-order valence-electron chi connectivity index (χ2n) is 11.8. The number of carbonyl (C=O) groups excluding carboxylic acids is 1. The molecule has 0 spiro atoms. The Labute approximate surface area is 267 Å². The molecule has 2 saturated heterocycles. The third kappa shape index (κ3) is 6.33. The molecule has 1 amide bonds. The molecule has 3 aliphatic rings. The molecule has 3 aromatic rings. The Kier molecular flexibility index (Phi) is 9.19. The van der Waals surface area contributed by atoms with Gasteiger partial charge in [-0.05, 0) is 30.5 Å². The van der Waals surface area contributed by atoms with E-state index in [0.29, 0.717) is 37.0 Å². The fourth-order valence-corrected chi connectivity index (χ4v) is 6.94. The number of methoxy groups -OCH3 is 1. The molecule has 6 rings (SSSR count). The molecule has 0 aliphatic carbocycles. The molecule has 10 nitrogen and oxygen atoms in total. The van der Waals surface area contributed by atoms with Crippen molar-refractivity contribution in [3.63, 3.8) is 0 Å². The lowest BCUT2D eigenvalue weighted by molar-refractivity contribution is -0.131. The van der Waals surface area contributed by atoms with Crippen molar-refractivity contribution in [3.8, 4) is 6.01 Å². The number of fused-ring (bicyclic) bond motifs is 2. The number of likely N-dealkylation sites (N-methyl/N-ethyl adjacent to an activating group) is 1. The van der Waals surface area contributed by atoms with Gasteiger partial charge in [0, 0.05) is 61.7 Å². The van der Waals surface area contributed by atoms with Crippen LogP contribution < -0.4 is 9.64 Å². The number of ether oxygens (including phenoxy) is 3. The van der Waals surface area contributed by atoms with E-state index in [1.54, 1.807) is 7.11 Å². The van der Waals surface area contributed by atoms with E-state index in [2.05, 4.69) is 16.3 Å². The van der Waals surface area contributed by atoms with Crippen LogP contribution in [0.1, 0.15) is 29.3 Å². The summed E-state index contributed by atoms with van der Waals surface area (Å²) in [7, 11) is 3.77. The van der Waals surface area contributed by atoms with Crippen molar-refractivity contribution in [2.45, 2.75) is 43.7 Å². The number of carbonyl (C=O) groups is 1. The number of anilines is 1. The van der Waals surface area contributed by atoms with E-state index in [0.717, 1.165) is 40.6 Å². The zero-order valence-electron chi connectivity index (χ0n) is 25.4. The molecule has 4 heterocycles. The average Bonchev–Trinajstić information content (AvgIpc) is 3.42. The molecule has 0 bridgehead atoms. The highest BCUT2D eigenvalue weighted by Gasteiger charge is 2.37. The summed E-state index contributed by atoms with van der Waals surface area (Å²) in [6.07, 6.45) is 1.18. The summed E-state index contributed by atoms with van der Waals surface area (Å²) in [4.78, 5) is 31.4. The normalized spacial score (nSPS) is 23.5. The first-order valence-electron chi connectivity index (χ1n) is 15.0. The fraction of sp³-hybridized carbons (Fsp3) is 0.455. The molecular weight excluding hydrogens is 599 g/mol. The molecule has 2 aromatic carbocycles. The summed E-state index contributed by atoms with van der Waals surface area (Å²) in [5.74, 6) is -1.18. The van der Waals surface area contributed by atoms with Crippen LogP contribution in [0.3, 0.4) is 0 Å². The van der Waals surface area contributed by atoms with Gasteiger partial charge in [-0.3, -0.25) is 9.69 Å². The summed E-state index contributed by atoms with van der Waals surface area (Å²) in [5, 5.41) is 2.65. The Morgan fingerprint density at radius 2 is 2.00 bits per heavy atom. The van der Waals surface area contributed by atoms with Crippen LogP contribution in [0.25, 0.3) is 15.6 Å². The zero-order valence-corrected chi connectivity index (χ0v) is 26.2. The minimum absolute atomic E-state index is 0.0290. The lowest BCUT2D eigenvalue weighted by Gasteiger charge is -2.40. The van der Waals surface area contributed by atoms with Crippen LogP contribution in [0.5, 0.6) is 6.01 Å². The molecule has 0 N–H and O–H groups in total. The van der Waals surface area contributed by atoms with Gasteiger partial charge in [-0.15, -0.1) is 0 Å². The maximum atomic E-state index is 13.8. The summed E-state index contributed by atoms with van der Waals surface area (Å²) < 4.78 is 32.1. The number of halogens is 2. The highest BCUT2D eigenvalue weighted by Crippen LogP contribution is 2.39. The Bertz CT molecular complexity index is 1640. The predicted octanol–water partition coefficient (Wildman–Crippen LogP) is 4.61.